The lowest BCUT2D eigenvalue weighted by Crippen LogP contribution is -2.48. The molecule has 0 radical (unpaired) electrons. The monoisotopic (exact) mass is 351 g/mol. The molecule has 1 atom stereocenters. The molecule has 2 amide bonds. The maximum absolute atomic E-state index is 12.5. The molecule has 3 rings (SSSR count). The first-order chi connectivity index (χ1) is 12.2. The zero-order valence-electron chi connectivity index (χ0n) is 15.0. The quantitative estimate of drug-likeness (QED) is 0.814. The lowest BCUT2D eigenvalue weighted by molar-refractivity contribution is -0.0101. The molecule has 1 aromatic heterocycles. The van der Waals surface area contributed by atoms with Crippen LogP contribution in [0.2, 0.25) is 0 Å². The van der Waals surface area contributed by atoms with E-state index in [-0.39, 0.29) is 12.1 Å². The second-order valence-corrected chi connectivity index (χ2v) is 6.71. The maximum atomic E-state index is 12.5. The summed E-state index contributed by atoms with van der Waals surface area (Å²) in [4.78, 5) is 16.7. The Morgan fingerprint density at radius 3 is 2.92 bits per heavy atom. The first-order valence-electron chi connectivity index (χ1n) is 9.13. The fourth-order valence-electron chi connectivity index (χ4n) is 3.29. The Morgan fingerprint density at radius 2 is 2.16 bits per heavy atom. The van der Waals surface area contributed by atoms with Gasteiger partial charge >= 0.3 is 6.03 Å². The SMILES string of the molecule is Cn1cc(CCNC(=O)N2CCCO[C@H](CN3CCOCC3)C2)cn1. The summed E-state index contributed by atoms with van der Waals surface area (Å²) in [6.07, 6.45) is 5.57. The van der Waals surface area contributed by atoms with Crippen molar-refractivity contribution in [3.8, 4) is 0 Å². The Morgan fingerprint density at radius 1 is 1.32 bits per heavy atom. The third-order valence-corrected chi connectivity index (χ3v) is 4.65. The second kappa shape index (κ2) is 9.17. The van der Waals surface area contributed by atoms with Gasteiger partial charge in [0.2, 0.25) is 0 Å². The number of nitrogens with zero attached hydrogens (tertiary/aromatic N) is 4. The second-order valence-electron chi connectivity index (χ2n) is 6.71. The van der Waals surface area contributed by atoms with Crippen LogP contribution in [0.4, 0.5) is 4.79 Å². The third kappa shape index (κ3) is 5.69. The third-order valence-electron chi connectivity index (χ3n) is 4.65. The van der Waals surface area contributed by atoms with Crippen molar-refractivity contribution in [2.24, 2.45) is 7.05 Å². The molecule has 2 aliphatic rings. The van der Waals surface area contributed by atoms with E-state index < -0.39 is 0 Å². The van der Waals surface area contributed by atoms with Crippen LogP contribution in [0.1, 0.15) is 12.0 Å². The molecule has 3 heterocycles. The van der Waals surface area contributed by atoms with Gasteiger partial charge in [-0.25, -0.2) is 4.79 Å². The molecule has 8 nitrogen and oxygen atoms in total. The highest BCUT2D eigenvalue weighted by molar-refractivity contribution is 5.74. The molecule has 1 aromatic rings. The van der Waals surface area contributed by atoms with E-state index in [1.807, 2.05) is 24.3 Å². The van der Waals surface area contributed by atoms with Crippen molar-refractivity contribution in [3.05, 3.63) is 18.0 Å². The predicted molar refractivity (Wildman–Crippen MR) is 93.5 cm³/mol. The van der Waals surface area contributed by atoms with Crippen molar-refractivity contribution >= 4 is 6.03 Å². The number of rotatable bonds is 5. The van der Waals surface area contributed by atoms with Gasteiger partial charge in [-0.2, -0.15) is 5.10 Å². The standard InChI is InChI=1S/C17H29N5O3/c1-20-12-15(11-19-20)3-4-18-17(23)22-5-2-8-25-16(14-22)13-21-6-9-24-10-7-21/h11-12,16H,2-10,13-14H2,1H3,(H,18,23)/t16-/m1/s1. The highest BCUT2D eigenvalue weighted by Gasteiger charge is 2.24. The summed E-state index contributed by atoms with van der Waals surface area (Å²) in [5.74, 6) is 0. The number of amides is 2. The van der Waals surface area contributed by atoms with E-state index in [9.17, 15) is 4.79 Å². The number of carbonyl (C=O) groups excluding carboxylic acids is 1. The number of morpholine rings is 1. The molecule has 1 N–H and O–H groups in total. The van der Waals surface area contributed by atoms with Crippen LogP contribution in [-0.4, -0.2) is 90.8 Å². The summed E-state index contributed by atoms with van der Waals surface area (Å²) in [7, 11) is 1.90. The lowest BCUT2D eigenvalue weighted by atomic mass is 10.2. The number of nitrogens with one attached hydrogen (secondary N) is 1. The van der Waals surface area contributed by atoms with Crippen LogP contribution in [0.3, 0.4) is 0 Å². The number of carbonyl (C=O) groups is 1. The summed E-state index contributed by atoms with van der Waals surface area (Å²) < 4.78 is 13.1. The fourth-order valence-corrected chi connectivity index (χ4v) is 3.29. The fraction of sp³-hybridized carbons (Fsp3) is 0.765. The number of aromatic nitrogens is 2. The van der Waals surface area contributed by atoms with Crippen LogP contribution in [0.15, 0.2) is 12.4 Å². The molecule has 0 aromatic carbocycles. The van der Waals surface area contributed by atoms with E-state index in [0.29, 0.717) is 19.7 Å². The molecule has 0 saturated carbocycles. The van der Waals surface area contributed by atoms with Crippen LogP contribution in [0.5, 0.6) is 0 Å². The van der Waals surface area contributed by atoms with Gasteiger partial charge in [0.1, 0.15) is 0 Å². The Labute approximate surface area is 149 Å². The molecule has 0 aliphatic carbocycles. The minimum absolute atomic E-state index is 0.00127. The molecule has 2 saturated heterocycles. The van der Waals surface area contributed by atoms with E-state index >= 15 is 0 Å². The van der Waals surface area contributed by atoms with Crippen LogP contribution in [-0.2, 0) is 22.9 Å². The molecule has 2 fully saturated rings. The maximum Gasteiger partial charge on any atom is 0.317 e. The van der Waals surface area contributed by atoms with Gasteiger partial charge in [0, 0.05) is 59.1 Å². The molecule has 0 spiro atoms. The van der Waals surface area contributed by atoms with Gasteiger partial charge < -0.3 is 19.7 Å². The van der Waals surface area contributed by atoms with Gasteiger partial charge in [-0.1, -0.05) is 0 Å². The molecule has 8 heteroatoms. The predicted octanol–water partition coefficient (Wildman–Crippen LogP) is 0.0953. The smallest absolute Gasteiger partial charge is 0.317 e. The topological polar surface area (TPSA) is 71.9 Å². The zero-order valence-corrected chi connectivity index (χ0v) is 15.0. The van der Waals surface area contributed by atoms with Crippen LogP contribution >= 0.6 is 0 Å². The van der Waals surface area contributed by atoms with Crippen LogP contribution in [0.25, 0.3) is 0 Å². The molecule has 2 aliphatic heterocycles. The summed E-state index contributed by atoms with van der Waals surface area (Å²) >= 11 is 0. The van der Waals surface area contributed by atoms with Crippen molar-refractivity contribution in [2.75, 3.05) is 59.1 Å². The summed E-state index contributed by atoms with van der Waals surface area (Å²) in [6.45, 7) is 7.05. The van der Waals surface area contributed by atoms with Crippen molar-refractivity contribution in [1.82, 2.24) is 24.9 Å². The summed E-state index contributed by atoms with van der Waals surface area (Å²) in [5, 5.41) is 7.17. The number of urea groups is 1. The van der Waals surface area contributed by atoms with Gasteiger partial charge in [0.15, 0.2) is 0 Å². The number of hydrogen-bond donors (Lipinski definition) is 1. The Balaban J connectivity index is 1.43. The summed E-state index contributed by atoms with van der Waals surface area (Å²) in [5.41, 5.74) is 1.13. The first-order valence-corrected chi connectivity index (χ1v) is 9.13. The van der Waals surface area contributed by atoms with E-state index in [1.54, 1.807) is 4.68 Å². The van der Waals surface area contributed by atoms with E-state index in [2.05, 4.69) is 15.3 Å². The largest absolute Gasteiger partial charge is 0.379 e. The highest BCUT2D eigenvalue weighted by atomic mass is 16.5. The van der Waals surface area contributed by atoms with E-state index in [1.165, 1.54) is 0 Å². The van der Waals surface area contributed by atoms with Gasteiger partial charge in [-0.05, 0) is 18.4 Å². The molecular formula is C17H29N5O3. The lowest BCUT2D eigenvalue weighted by Gasteiger charge is -2.31. The highest BCUT2D eigenvalue weighted by Crippen LogP contribution is 2.09. The molecule has 140 valence electrons. The minimum atomic E-state index is 0.00127. The van der Waals surface area contributed by atoms with E-state index in [0.717, 1.165) is 57.8 Å². The van der Waals surface area contributed by atoms with Crippen molar-refractivity contribution in [1.29, 1.82) is 0 Å². The number of hydrogen-bond acceptors (Lipinski definition) is 5. The van der Waals surface area contributed by atoms with Crippen molar-refractivity contribution in [2.45, 2.75) is 18.9 Å². The molecule has 0 unspecified atom stereocenters. The minimum Gasteiger partial charge on any atom is -0.379 e. The average molecular weight is 351 g/mol. The van der Waals surface area contributed by atoms with Crippen LogP contribution < -0.4 is 5.32 Å². The number of ether oxygens (including phenoxy) is 2. The molecule has 25 heavy (non-hydrogen) atoms. The molecular weight excluding hydrogens is 322 g/mol. The Kier molecular flexibility index (Phi) is 6.66. The summed E-state index contributed by atoms with van der Waals surface area (Å²) in [6, 6.07) is 0.00127. The van der Waals surface area contributed by atoms with Crippen molar-refractivity contribution in [3.63, 3.8) is 0 Å². The van der Waals surface area contributed by atoms with Gasteiger partial charge in [0.25, 0.3) is 0 Å². The van der Waals surface area contributed by atoms with E-state index in [4.69, 9.17) is 9.47 Å². The van der Waals surface area contributed by atoms with Gasteiger partial charge in [0.05, 0.1) is 25.5 Å². The first kappa shape index (κ1) is 18.2. The Hall–Kier alpha value is -1.64. The van der Waals surface area contributed by atoms with Gasteiger partial charge in [-0.3, -0.25) is 9.58 Å². The normalized spacial score (nSPS) is 22.6. The average Bonchev–Trinajstić information content (AvgIpc) is 2.89. The van der Waals surface area contributed by atoms with Gasteiger partial charge in [-0.15, -0.1) is 0 Å². The number of aryl methyl sites for hydroxylation is 1. The van der Waals surface area contributed by atoms with Crippen LogP contribution in [0, 0.1) is 0 Å². The zero-order chi connectivity index (χ0) is 17.5. The molecule has 0 bridgehead atoms. The Bertz CT molecular complexity index is 544. The van der Waals surface area contributed by atoms with Crippen molar-refractivity contribution < 1.29 is 14.3 Å².